The summed E-state index contributed by atoms with van der Waals surface area (Å²) in [7, 11) is 0. The highest BCUT2D eigenvalue weighted by Crippen LogP contribution is 2.44. The molecule has 3 amide bonds. The average Bonchev–Trinajstić information content (AvgIpc) is 3.27. The number of para-hydroxylation sites is 1. The maximum Gasteiger partial charge on any atom is 0.267 e. The first-order valence-corrected chi connectivity index (χ1v) is 12.2. The van der Waals surface area contributed by atoms with Crippen molar-refractivity contribution in [1.29, 1.82) is 0 Å². The van der Waals surface area contributed by atoms with Gasteiger partial charge in [0.15, 0.2) is 0 Å². The first-order chi connectivity index (χ1) is 16.9. The number of amides is 3. The Labute approximate surface area is 212 Å². The fourth-order valence-electron chi connectivity index (χ4n) is 4.18. The van der Waals surface area contributed by atoms with Gasteiger partial charge in [0.1, 0.15) is 10.9 Å². The van der Waals surface area contributed by atoms with Gasteiger partial charge in [-0.05, 0) is 36.2 Å². The summed E-state index contributed by atoms with van der Waals surface area (Å²) in [5.41, 5.74) is 4.14. The lowest BCUT2D eigenvalue weighted by molar-refractivity contribution is -0.122. The molecule has 2 aliphatic heterocycles. The quantitative estimate of drug-likeness (QED) is 0.405. The lowest BCUT2D eigenvalue weighted by Gasteiger charge is -2.17. The Morgan fingerprint density at radius 2 is 1.66 bits per heavy atom. The topological polar surface area (TPSA) is 69.7 Å². The number of rotatable bonds is 5. The maximum atomic E-state index is 13.6. The molecule has 1 N–H and O–H groups in total. The Bertz CT molecular complexity index is 1400. The average molecular weight is 500 g/mol. The van der Waals surface area contributed by atoms with Crippen LogP contribution in [0, 0.1) is 6.92 Å². The first kappa shape index (κ1) is 23.0. The third-order valence-corrected chi connectivity index (χ3v) is 7.23. The van der Waals surface area contributed by atoms with Crippen LogP contribution in [0.3, 0.4) is 0 Å². The number of hydrogen-bond donors (Lipinski definition) is 1. The van der Waals surface area contributed by atoms with Crippen molar-refractivity contribution in [3.05, 3.63) is 100 Å². The van der Waals surface area contributed by atoms with Crippen molar-refractivity contribution in [2.45, 2.75) is 13.5 Å². The van der Waals surface area contributed by atoms with Crippen LogP contribution in [0.1, 0.15) is 16.7 Å². The monoisotopic (exact) mass is 499 g/mol. The van der Waals surface area contributed by atoms with Crippen LogP contribution < -0.4 is 10.2 Å². The number of carbonyl (C=O) groups is 3. The predicted molar refractivity (Wildman–Crippen MR) is 143 cm³/mol. The number of benzene rings is 3. The molecular weight excluding hydrogens is 478 g/mol. The summed E-state index contributed by atoms with van der Waals surface area (Å²) in [4.78, 5) is 43.0. The van der Waals surface area contributed by atoms with E-state index < -0.39 is 0 Å². The second-order valence-electron chi connectivity index (χ2n) is 8.28. The third-order valence-electron chi connectivity index (χ3n) is 5.79. The van der Waals surface area contributed by atoms with Crippen molar-refractivity contribution in [3.8, 4) is 0 Å². The van der Waals surface area contributed by atoms with Gasteiger partial charge in [-0.1, -0.05) is 84.6 Å². The number of aryl methyl sites for hydroxylation is 1. The molecule has 1 saturated heterocycles. The zero-order valence-corrected chi connectivity index (χ0v) is 20.5. The van der Waals surface area contributed by atoms with Crippen molar-refractivity contribution in [2.75, 3.05) is 16.8 Å². The number of hydrogen-bond acceptors (Lipinski definition) is 5. The standard InChI is InChI=1S/C27H21N3O3S2/c1-17-8-7-11-19(14-17)28-22(31)16-29-21-13-6-5-12-20(21)23(25(29)32)24-26(33)30(27(34)35-24)15-18-9-3-2-4-10-18/h2-14H,15-16H2,1H3,(H,28,31)/b24-23+. The molecule has 2 aliphatic rings. The SMILES string of the molecule is Cc1cccc(NC(=O)CN2C(=O)/C(=C3/SC(=S)N(Cc4ccccc4)C3=O)c3ccccc32)c1. The summed E-state index contributed by atoms with van der Waals surface area (Å²) in [5, 5.41) is 2.85. The Morgan fingerprint density at radius 1 is 0.914 bits per heavy atom. The lowest BCUT2D eigenvalue weighted by Crippen LogP contribution is -2.35. The number of nitrogens with zero attached hydrogens (tertiary/aromatic N) is 2. The molecule has 2 heterocycles. The normalized spacial score (nSPS) is 17.2. The summed E-state index contributed by atoms with van der Waals surface area (Å²) >= 11 is 6.62. The molecule has 5 rings (SSSR count). The van der Waals surface area contributed by atoms with Gasteiger partial charge in [-0.25, -0.2) is 0 Å². The summed E-state index contributed by atoms with van der Waals surface area (Å²) < 4.78 is 0.405. The molecule has 0 saturated carbocycles. The molecular formula is C27H21N3O3S2. The van der Waals surface area contributed by atoms with Crippen LogP contribution in [0.15, 0.2) is 83.8 Å². The molecule has 6 nitrogen and oxygen atoms in total. The zero-order valence-electron chi connectivity index (χ0n) is 18.9. The van der Waals surface area contributed by atoms with Crippen molar-refractivity contribution in [1.82, 2.24) is 4.90 Å². The number of thioether (sulfide) groups is 1. The van der Waals surface area contributed by atoms with Gasteiger partial charge in [0.25, 0.3) is 11.8 Å². The second kappa shape index (κ2) is 9.48. The molecule has 0 aliphatic carbocycles. The highest BCUT2D eigenvalue weighted by molar-refractivity contribution is 8.26. The number of carbonyl (C=O) groups excluding carboxylic acids is 3. The van der Waals surface area contributed by atoms with E-state index in [9.17, 15) is 14.4 Å². The van der Waals surface area contributed by atoms with E-state index in [0.29, 0.717) is 32.7 Å². The summed E-state index contributed by atoms with van der Waals surface area (Å²) in [5.74, 6) is -1.00. The molecule has 3 aromatic rings. The lowest BCUT2D eigenvalue weighted by atomic mass is 10.1. The van der Waals surface area contributed by atoms with E-state index in [2.05, 4.69) is 5.32 Å². The van der Waals surface area contributed by atoms with Gasteiger partial charge < -0.3 is 5.32 Å². The smallest absolute Gasteiger partial charge is 0.267 e. The number of fused-ring (bicyclic) bond motifs is 1. The van der Waals surface area contributed by atoms with Gasteiger partial charge in [-0.15, -0.1) is 0 Å². The number of thiocarbonyl (C=S) groups is 1. The molecule has 0 radical (unpaired) electrons. The first-order valence-electron chi connectivity index (χ1n) is 11.0. The van der Waals surface area contributed by atoms with Gasteiger partial charge in [-0.3, -0.25) is 24.2 Å². The van der Waals surface area contributed by atoms with E-state index in [4.69, 9.17) is 12.2 Å². The molecule has 174 valence electrons. The fourth-order valence-corrected chi connectivity index (χ4v) is 5.50. The fraction of sp³-hybridized carbons (Fsp3) is 0.111. The van der Waals surface area contributed by atoms with Crippen LogP contribution in [-0.2, 0) is 20.9 Å². The maximum absolute atomic E-state index is 13.6. The Hall–Kier alpha value is -3.75. The summed E-state index contributed by atoms with van der Waals surface area (Å²) in [6.45, 7) is 2.11. The van der Waals surface area contributed by atoms with Gasteiger partial charge in [0.05, 0.1) is 22.7 Å². The van der Waals surface area contributed by atoms with Crippen molar-refractivity contribution in [3.63, 3.8) is 0 Å². The highest BCUT2D eigenvalue weighted by Gasteiger charge is 2.42. The van der Waals surface area contributed by atoms with Crippen molar-refractivity contribution < 1.29 is 14.4 Å². The minimum Gasteiger partial charge on any atom is -0.325 e. The molecule has 1 fully saturated rings. The van der Waals surface area contributed by atoms with E-state index in [0.717, 1.165) is 22.9 Å². The minimum atomic E-state index is -0.384. The van der Waals surface area contributed by atoms with Crippen LogP contribution in [0.4, 0.5) is 11.4 Å². The van der Waals surface area contributed by atoms with E-state index in [-0.39, 0.29) is 29.8 Å². The second-order valence-corrected chi connectivity index (χ2v) is 9.92. The van der Waals surface area contributed by atoms with Gasteiger partial charge in [0, 0.05) is 11.3 Å². The molecule has 0 aromatic heterocycles. The van der Waals surface area contributed by atoms with Crippen molar-refractivity contribution >= 4 is 63.0 Å². The molecule has 0 unspecified atom stereocenters. The summed E-state index contributed by atoms with van der Waals surface area (Å²) in [6, 6.07) is 24.2. The molecule has 0 spiro atoms. The molecule has 0 bridgehead atoms. The largest absolute Gasteiger partial charge is 0.325 e. The highest BCUT2D eigenvalue weighted by atomic mass is 32.2. The van der Waals surface area contributed by atoms with E-state index in [1.165, 1.54) is 9.80 Å². The van der Waals surface area contributed by atoms with Crippen LogP contribution in [-0.4, -0.2) is 33.5 Å². The van der Waals surface area contributed by atoms with E-state index in [1.807, 2.05) is 61.5 Å². The van der Waals surface area contributed by atoms with Crippen molar-refractivity contribution in [2.24, 2.45) is 0 Å². The van der Waals surface area contributed by atoms with E-state index >= 15 is 0 Å². The molecule has 35 heavy (non-hydrogen) atoms. The van der Waals surface area contributed by atoms with Gasteiger partial charge in [0.2, 0.25) is 5.91 Å². The summed E-state index contributed by atoms with van der Waals surface area (Å²) in [6.07, 6.45) is 0. The van der Waals surface area contributed by atoms with Crippen LogP contribution in [0.2, 0.25) is 0 Å². The Balaban J connectivity index is 1.43. The Morgan fingerprint density at radius 3 is 2.43 bits per heavy atom. The minimum absolute atomic E-state index is 0.169. The Kier molecular flexibility index (Phi) is 6.23. The number of anilines is 2. The van der Waals surface area contributed by atoms with Crippen LogP contribution in [0.25, 0.3) is 5.57 Å². The third kappa shape index (κ3) is 4.50. The number of nitrogens with one attached hydrogen (secondary N) is 1. The zero-order chi connectivity index (χ0) is 24.5. The predicted octanol–water partition coefficient (Wildman–Crippen LogP) is 4.75. The molecule has 0 atom stereocenters. The van der Waals surface area contributed by atoms with Crippen LogP contribution >= 0.6 is 24.0 Å². The molecule has 3 aromatic carbocycles. The molecule has 8 heteroatoms. The van der Waals surface area contributed by atoms with Crippen LogP contribution in [0.5, 0.6) is 0 Å². The van der Waals surface area contributed by atoms with E-state index in [1.54, 1.807) is 24.3 Å². The van der Waals surface area contributed by atoms with Gasteiger partial charge >= 0.3 is 0 Å². The van der Waals surface area contributed by atoms with Gasteiger partial charge in [-0.2, -0.15) is 0 Å².